The van der Waals surface area contributed by atoms with Gasteiger partial charge in [-0.25, -0.2) is 0 Å². The number of rotatable bonds is 4. The molecule has 1 aromatic carbocycles. The van der Waals surface area contributed by atoms with Gasteiger partial charge in [0.05, 0.1) is 0 Å². The molecule has 1 fully saturated rings. The first kappa shape index (κ1) is 15.3. The molecule has 0 amide bonds. The van der Waals surface area contributed by atoms with E-state index in [2.05, 4.69) is 45.9 Å². The lowest BCUT2D eigenvalue weighted by Gasteiger charge is -2.42. The molecule has 0 spiro atoms. The highest BCUT2D eigenvalue weighted by molar-refractivity contribution is 5.41. The normalized spacial score (nSPS) is 26.2. The summed E-state index contributed by atoms with van der Waals surface area (Å²) in [4.78, 5) is 0. The van der Waals surface area contributed by atoms with Gasteiger partial charge in [0, 0.05) is 19.1 Å². The standard InChI is InChI=1S/C17H27NO2/c1-6-19-16-13(18)10-15(16)20-14-8-7-11(2)9-12(14)17(3,4)5/h7-9,13,15-16H,6,10,18H2,1-5H3. The quantitative estimate of drug-likeness (QED) is 0.919. The van der Waals surface area contributed by atoms with Crippen LogP contribution in [-0.4, -0.2) is 24.9 Å². The van der Waals surface area contributed by atoms with Crippen molar-refractivity contribution in [3.63, 3.8) is 0 Å². The van der Waals surface area contributed by atoms with Gasteiger partial charge >= 0.3 is 0 Å². The maximum absolute atomic E-state index is 6.19. The molecule has 1 aromatic rings. The third-order valence-electron chi connectivity index (χ3n) is 3.87. The van der Waals surface area contributed by atoms with Crippen molar-refractivity contribution in [2.24, 2.45) is 5.73 Å². The Bertz CT molecular complexity index is 465. The Kier molecular flexibility index (Phi) is 4.40. The lowest BCUT2D eigenvalue weighted by molar-refractivity contribution is -0.0949. The highest BCUT2D eigenvalue weighted by Gasteiger charge is 2.41. The average molecular weight is 277 g/mol. The molecule has 0 bridgehead atoms. The first-order valence-corrected chi connectivity index (χ1v) is 7.48. The fraction of sp³-hybridized carbons (Fsp3) is 0.647. The molecule has 0 aliphatic heterocycles. The highest BCUT2D eigenvalue weighted by Crippen LogP contribution is 2.35. The van der Waals surface area contributed by atoms with Crippen molar-refractivity contribution >= 4 is 0 Å². The maximum atomic E-state index is 6.19. The van der Waals surface area contributed by atoms with Gasteiger partial charge in [-0.2, -0.15) is 0 Å². The minimum atomic E-state index is 0.0223. The minimum absolute atomic E-state index is 0.0223. The summed E-state index contributed by atoms with van der Waals surface area (Å²) in [6.45, 7) is 11.4. The Morgan fingerprint density at radius 1 is 1.30 bits per heavy atom. The summed E-state index contributed by atoms with van der Waals surface area (Å²) >= 11 is 0. The Morgan fingerprint density at radius 3 is 2.55 bits per heavy atom. The predicted molar refractivity (Wildman–Crippen MR) is 82.3 cm³/mol. The van der Waals surface area contributed by atoms with Crippen LogP contribution in [0.3, 0.4) is 0 Å². The zero-order valence-corrected chi connectivity index (χ0v) is 13.3. The summed E-state index contributed by atoms with van der Waals surface area (Å²) in [5, 5.41) is 0. The molecule has 1 aliphatic rings. The second-order valence-corrected chi connectivity index (χ2v) is 6.73. The van der Waals surface area contributed by atoms with Crippen molar-refractivity contribution < 1.29 is 9.47 Å². The summed E-state index contributed by atoms with van der Waals surface area (Å²) in [5.41, 5.74) is 8.56. The topological polar surface area (TPSA) is 44.5 Å². The molecule has 3 atom stereocenters. The fourth-order valence-electron chi connectivity index (χ4n) is 2.65. The van der Waals surface area contributed by atoms with Gasteiger partial charge in [0.2, 0.25) is 0 Å². The number of benzene rings is 1. The monoisotopic (exact) mass is 277 g/mol. The second-order valence-electron chi connectivity index (χ2n) is 6.73. The SMILES string of the molecule is CCOC1C(N)CC1Oc1ccc(C)cc1C(C)(C)C. The molecule has 0 saturated heterocycles. The molecular weight excluding hydrogens is 250 g/mol. The van der Waals surface area contributed by atoms with Gasteiger partial charge in [-0.15, -0.1) is 0 Å². The van der Waals surface area contributed by atoms with E-state index in [1.807, 2.05) is 6.92 Å². The Labute approximate surface area is 122 Å². The van der Waals surface area contributed by atoms with E-state index in [4.69, 9.17) is 15.2 Å². The average Bonchev–Trinajstić information content (AvgIpc) is 2.36. The van der Waals surface area contributed by atoms with Gasteiger partial charge in [0.15, 0.2) is 0 Å². The lowest BCUT2D eigenvalue weighted by Crippen LogP contribution is -2.59. The van der Waals surface area contributed by atoms with E-state index in [-0.39, 0.29) is 23.7 Å². The van der Waals surface area contributed by atoms with Gasteiger partial charge in [0.25, 0.3) is 0 Å². The van der Waals surface area contributed by atoms with Crippen LogP contribution in [0.2, 0.25) is 0 Å². The van der Waals surface area contributed by atoms with Gasteiger partial charge in [-0.1, -0.05) is 38.5 Å². The fourth-order valence-corrected chi connectivity index (χ4v) is 2.65. The third-order valence-corrected chi connectivity index (χ3v) is 3.87. The first-order chi connectivity index (χ1) is 9.32. The van der Waals surface area contributed by atoms with E-state index in [9.17, 15) is 0 Å². The molecule has 3 heteroatoms. The Hall–Kier alpha value is -1.06. The van der Waals surface area contributed by atoms with Gasteiger partial charge < -0.3 is 15.2 Å². The van der Waals surface area contributed by atoms with Crippen LogP contribution >= 0.6 is 0 Å². The minimum Gasteiger partial charge on any atom is -0.487 e. The van der Waals surface area contributed by atoms with E-state index < -0.39 is 0 Å². The van der Waals surface area contributed by atoms with Gasteiger partial charge in [0.1, 0.15) is 18.0 Å². The van der Waals surface area contributed by atoms with Crippen LogP contribution in [-0.2, 0) is 10.2 Å². The Balaban J connectivity index is 2.18. The number of aryl methyl sites for hydroxylation is 1. The van der Waals surface area contributed by atoms with Crippen LogP contribution in [0.1, 0.15) is 45.2 Å². The second kappa shape index (κ2) is 5.74. The molecule has 0 radical (unpaired) electrons. The lowest BCUT2D eigenvalue weighted by atomic mass is 9.84. The van der Waals surface area contributed by atoms with Gasteiger partial charge in [-0.05, 0) is 30.9 Å². The van der Waals surface area contributed by atoms with E-state index >= 15 is 0 Å². The van der Waals surface area contributed by atoms with Crippen LogP contribution in [0.15, 0.2) is 18.2 Å². The molecule has 20 heavy (non-hydrogen) atoms. The molecule has 1 saturated carbocycles. The number of ether oxygens (including phenoxy) is 2. The summed E-state index contributed by atoms with van der Waals surface area (Å²) in [5.74, 6) is 0.963. The summed E-state index contributed by atoms with van der Waals surface area (Å²) < 4.78 is 11.9. The van der Waals surface area contributed by atoms with Crippen molar-refractivity contribution in [3.05, 3.63) is 29.3 Å². The maximum Gasteiger partial charge on any atom is 0.128 e. The van der Waals surface area contributed by atoms with Gasteiger partial charge in [-0.3, -0.25) is 0 Å². The molecule has 112 valence electrons. The van der Waals surface area contributed by atoms with Crippen LogP contribution in [0.5, 0.6) is 5.75 Å². The van der Waals surface area contributed by atoms with Crippen LogP contribution in [0, 0.1) is 6.92 Å². The number of nitrogens with two attached hydrogens (primary N) is 1. The largest absolute Gasteiger partial charge is 0.487 e. The summed E-state index contributed by atoms with van der Waals surface area (Å²) in [6, 6.07) is 6.48. The summed E-state index contributed by atoms with van der Waals surface area (Å²) in [6.07, 6.45) is 0.963. The summed E-state index contributed by atoms with van der Waals surface area (Å²) in [7, 11) is 0. The van der Waals surface area contributed by atoms with E-state index in [1.54, 1.807) is 0 Å². The van der Waals surface area contributed by atoms with Crippen molar-refractivity contribution in [1.29, 1.82) is 0 Å². The molecule has 0 heterocycles. The zero-order chi connectivity index (χ0) is 14.9. The number of hydrogen-bond donors (Lipinski definition) is 1. The predicted octanol–water partition coefficient (Wildman–Crippen LogP) is 3.18. The number of hydrogen-bond acceptors (Lipinski definition) is 3. The van der Waals surface area contributed by atoms with Crippen LogP contribution < -0.4 is 10.5 Å². The van der Waals surface area contributed by atoms with Crippen molar-refractivity contribution in [2.45, 2.75) is 64.7 Å². The van der Waals surface area contributed by atoms with Crippen LogP contribution in [0.4, 0.5) is 0 Å². The molecule has 0 aromatic heterocycles. The first-order valence-electron chi connectivity index (χ1n) is 7.48. The Morgan fingerprint density at radius 2 is 2.00 bits per heavy atom. The zero-order valence-electron chi connectivity index (χ0n) is 13.3. The molecule has 2 rings (SSSR count). The van der Waals surface area contributed by atoms with Crippen LogP contribution in [0.25, 0.3) is 0 Å². The smallest absolute Gasteiger partial charge is 0.128 e. The molecule has 1 aliphatic carbocycles. The molecule has 2 N–H and O–H groups in total. The molecule has 3 unspecified atom stereocenters. The van der Waals surface area contributed by atoms with E-state index in [1.165, 1.54) is 11.1 Å². The van der Waals surface area contributed by atoms with Crippen molar-refractivity contribution in [3.8, 4) is 5.75 Å². The van der Waals surface area contributed by atoms with E-state index in [0.717, 1.165) is 12.2 Å². The van der Waals surface area contributed by atoms with Crippen molar-refractivity contribution in [1.82, 2.24) is 0 Å². The third kappa shape index (κ3) is 3.15. The molecule has 3 nitrogen and oxygen atoms in total. The van der Waals surface area contributed by atoms with E-state index in [0.29, 0.717) is 6.61 Å². The van der Waals surface area contributed by atoms with Crippen molar-refractivity contribution in [2.75, 3.05) is 6.61 Å². The highest BCUT2D eigenvalue weighted by atomic mass is 16.5. The molecular formula is C17H27NO2.